The van der Waals surface area contributed by atoms with Crippen LogP contribution in [0, 0.1) is 46.3 Å². The summed E-state index contributed by atoms with van der Waals surface area (Å²) < 4.78 is 0. The molecule has 35 heavy (non-hydrogen) atoms. The van der Waals surface area contributed by atoms with Crippen LogP contribution in [-0.2, 0) is 4.79 Å². The lowest BCUT2D eigenvalue weighted by molar-refractivity contribution is -0.223. The van der Waals surface area contributed by atoms with Crippen LogP contribution in [0.15, 0.2) is 17.3 Å². The molecule has 1 amide bonds. The molecule has 4 rings (SSSR count). The van der Waals surface area contributed by atoms with Crippen LogP contribution in [-0.4, -0.2) is 46.2 Å². The third-order valence-electron chi connectivity index (χ3n) is 10.9. The van der Waals surface area contributed by atoms with Gasteiger partial charge in [0.2, 0.25) is 5.91 Å². The van der Waals surface area contributed by atoms with Crippen LogP contribution in [0.5, 0.6) is 0 Å². The predicted molar refractivity (Wildman–Crippen MR) is 134 cm³/mol. The lowest BCUT2D eigenvalue weighted by Crippen LogP contribution is -2.64. The Kier molecular flexibility index (Phi) is 7.87. The Labute approximate surface area is 209 Å². The average Bonchev–Trinajstić information content (AvgIpc) is 3.18. The summed E-state index contributed by atoms with van der Waals surface area (Å²) in [5, 5.41) is 38.7. The minimum absolute atomic E-state index is 0.00249. The smallest absolute Gasteiger partial charge is 0.243 e. The van der Waals surface area contributed by atoms with Crippen LogP contribution >= 0.6 is 0 Å². The van der Waals surface area contributed by atoms with Crippen molar-refractivity contribution in [3.05, 3.63) is 22.6 Å². The van der Waals surface area contributed by atoms with Crippen molar-refractivity contribution in [1.29, 1.82) is 0 Å². The van der Waals surface area contributed by atoms with Crippen molar-refractivity contribution >= 4 is 5.91 Å². The van der Waals surface area contributed by atoms with E-state index in [9.17, 15) is 20.1 Å². The number of aliphatic hydroxyl groups is 3. The molecule has 4 N–H and O–H groups in total. The van der Waals surface area contributed by atoms with Crippen molar-refractivity contribution in [3.63, 3.8) is 0 Å². The predicted octanol–water partition coefficient (Wildman–Crippen LogP) is 4.30. The number of amides is 1. The van der Waals surface area contributed by atoms with E-state index in [1.807, 2.05) is 6.08 Å². The SMILES string of the molecule is CC(CCC=CC(=O)NCN=[N+]=[N-])C1CCC2C3C(O)C(O)C4CC(O)CCC4(C)C3CCC12C. The third kappa shape index (κ3) is 4.75. The molecule has 0 aromatic carbocycles. The van der Waals surface area contributed by atoms with Crippen LogP contribution in [0.1, 0.15) is 78.6 Å². The van der Waals surface area contributed by atoms with Crippen molar-refractivity contribution in [2.24, 2.45) is 51.5 Å². The first-order chi connectivity index (χ1) is 16.6. The van der Waals surface area contributed by atoms with Gasteiger partial charge >= 0.3 is 0 Å². The number of rotatable bonds is 7. The van der Waals surface area contributed by atoms with Crippen molar-refractivity contribution < 1.29 is 20.1 Å². The maximum absolute atomic E-state index is 11.8. The topological polar surface area (TPSA) is 139 Å². The molecular formula is C27H44N4O4. The maximum Gasteiger partial charge on any atom is 0.243 e. The number of carbonyl (C=O) groups is 1. The Morgan fingerprint density at radius 3 is 2.54 bits per heavy atom. The number of allylic oxidation sites excluding steroid dienone is 1. The highest BCUT2D eigenvalue weighted by molar-refractivity contribution is 5.87. The van der Waals surface area contributed by atoms with Crippen molar-refractivity contribution in [1.82, 2.24) is 5.32 Å². The molecule has 4 fully saturated rings. The molecule has 0 aromatic rings. The lowest BCUT2D eigenvalue weighted by atomic mass is 9.43. The van der Waals surface area contributed by atoms with E-state index in [1.165, 1.54) is 12.5 Å². The molecule has 11 atom stereocenters. The van der Waals surface area contributed by atoms with Crippen LogP contribution in [0.25, 0.3) is 10.4 Å². The Morgan fingerprint density at radius 1 is 1.09 bits per heavy atom. The number of fused-ring (bicyclic) bond motifs is 5. The van der Waals surface area contributed by atoms with E-state index in [-0.39, 0.29) is 41.3 Å². The zero-order valence-electron chi connectivity index (χ0n) is 21.5. The molecule has 4 aliphatic rings. The van der Waals surface area contributed by atoms with Gasteiger partial charge in [0.1, 0.15) is 0 Å². The van der Waals surface area contributed by atoms with Gasteiger partial charge in [0.05, 0.1) is 25.0 Å². The zero-order chi connectivity index (χ0) is 25.4. The van der Waals surface area contributed by atoms with E-state index in [0.29, 0.717) is 30.1 Å². The minimum atomic E-state index is -0.745. The van der Waals surface area contributed by atoms with Crippen LogP contribution < -0.4 is 5.32 Å². The van der Waals surface area contributed by atoms with E-state index in [4.69, 9.17) is 5.53 Å². The quantitative estimate of drug-likeness (QED) is 0.184. The van der Waals surface area contributed by atoms with Gasteiger partial charge < -0.3 is 20.6 Å². The number of carbonyl (C=O) groups excluding carboxylic acids is 1. The first kappa shape index (κ1) is 26.5. The van der Waals surface area contributed by atoms with E-state index in [0.717, 1.165) is 44.9 Å². The molecule has 0 heterocycles. The standard InChI is InChI=1S/C27H44N4O4/c1-16(6-4-5-7-22(33)29-15-30-31-28)18-8-9-19-23-20(11-13-26(18,19)2)27(3)12-10-17(32)14-21(27)24(34)25(23)35/h5,7,16-21,23-25,32,34-35H,4,6,8-15H2,1-3H3,(H,29,33). The Hall–Kier alpha value is -1.60. The number of hydrogen-bond acceptors (Lipinski definition) is 5. The van der Waals surface area contributed by atoms with E-state index in [2.05, 4.69) is 36.1 Å². The molecule has 4 aliphatic carbocycles. The minimum Gasteiger partial charge on any atom is -0.393 e. The van der Waals surface area contributed by atoms with Gasteiger partial charge in [-0.25, -0.2) is 0 Å². The molecule has 4 saturated carbocycles. The fraction of sp³-hybridized carbons (Fsp3) is 0.889. The fourth-order valence-corrected chi connectivity index (χ4v) is 9.17. The second-order valence-corrected chi connectivity index (χ2v) is 12.4. The van der Waals surface area contributed by atoms with Gasteiger partial charge in [-0.05, 0) is 116 Å². The number of aliphatic hydroxyl groups excluding tert-OH is 3. The summed E-state index contributed by atoms with van der Waals surface area (Å²) in [5.74, 6) is 1.79. The van der Waals surface area contributed by atoms with E-state index >= 15 is 0 Å². The molecule has 0 radical (unpaired) electrons. The molecule has 0 spiro atoms. The number of azide groups is 1. The summed E-state index contributed by atoms with van der Waals surface area (Å²) in [6, 6.07) is 0. The van der Waals surface area contributed by atoms with Gasteiger partial charge in [-0.15, -0.1) is 0 Å². The molecular weight excluding hydrogens is 444 g/mol. The fourth-order valence-electron chi connectivity index (χ4n) is 9.17. The molecule has 8 heteroatoms. The second kappa shape index (κ2) is 10.4. The van der Waals surface area contributed by atoms with Crippen LogP contribution in [0.4, 0.5) is 0 Å². The first-order valence-corrected chi connectivity index (χ1v) is 13.6. The summed E-state index contributed by atoms with van der Waals surface area (Å²) in [6.45, 7) is 7.04. The van der Waals surface area contributed by atoms with Crippen molar-refractivity contribution in [2.75, 3.05) is 6.67 Å². The molecule has 0 aromatic heterocycles. The molecule has 0 bridgehead atoms. The zero-order valence-corrected chi connectivity index (χ0v) is 21.5. The second-order valence-electron chi connectivity index (χ2n) is 12.4. The maximum atomic E-state index is 11.8. The number of nitrogens with zero attached hydrogens (tertiary/aromatic N) is 3. The van der Waals surface area contributed by atoms with Crippen molar-refractivity contribution in [3.8, 4) is 0 Å². The molecule has 11 unspecified atom stereocenters. The Balaban J connectivity index is 1.41. The normalized spacial score (nSPS) is 45.7. The highest BCUT2D eigenvalue weighted by Gasteiger charge is 2.65. The summed E-state index contributed by atoms with van der Waals surface area (Å²) in [5.41, 5.74) is 8.44. The summed E-state index contributed by atoms with van der Waals surface area (Å²) >= 11 is 0. The van der Waals surface area contributed by atoms with Crippen LogP contribution in [0.3, 0.4) is 0 Å². The van der Waals surface area contributed by atoms with Gasteiger partial charge in [-0.1, -0.05) is 32.0 Å². The van der Waals surface area contributed by atoms with Crippen LogP contribution in [0.2, 0.25) is 0 Å². The molecule has 0 aliphatic heterocycles. The number of nitrogens with one attached hydrogen (secondary N) is 1. The molecule has 8 nitrogen and oxygen atoms in total. The molecule has 0 saturated heterocycles. The number of hydrogen-bond donors (Lipinski definition) is 4. The van der Waals surface area contributed by atoms with Gasteiger partial charge in [0.15, 0.2) is 0 Å². The largest absolute Gasteiger partial charge is 0.393 e. The molecule has 196 valence electrons. The first-order valence-electron chi connectivity index (χ1n) is 13.6. The van der Waals surface area contributed by atoms with Gasteiger partial charge in [-0.2, -0.15) is 0 Å². The van der Waals surface area contributed by atoms with Gasteiger partial charge in [0.25, 0.3) is 0 Å². The lowest BCUT2D eigenvalue weighted by Gasteiger charge is -2.63. The summed E-state index contributed by atoms with van der Waals surface area (Å²) in [4.78, 5) is 14.4. The highest BCUT2D eigenvalue weighted by Crippen LogP contribution is 2.68. The Morgan fingerprint density at radius 2 is 1.80 bits per heavy atom. The van der Waals surface area contributed by atoms with Gasteiger partial charge in [-0.3, -0.25) is 4.79 Å². The highest BCUT2D eigenvalue weighted by atomic mass is 16.3. The summed E-state index contributed by atoms with van der Waals surface area (Å²) in [7, 11) is 0. The Bertz CT molecular complexity index is 860. The van der Waals surface area contributed by atoms with Gasteiger partial charge in [0, 0.05) is 4.91 Å². The van der Waals surface area contributed by atoms with E-state index < -0.39 is 12.2 Å². The van der Waals surface area contributed by atoms with Crippen molar-refractivity contribution in [2.45, 2.75) is 96.9 Å². The van der Waals surface area contributed by atoms with E-state index in [1.54, 1.807) is 0 Å². The third-order valence-corrected chi connectivity index (χ3v) is 10.9. The average molecular weight is 489 g/mol. The monoisotopic (exact) mass is 488 g/mol. The summed E-state index contributed by atoms with van der Waals surface area (Å²) in [6.07, 6.45) is 10.3.